The van der Waals surface area contributed by atoms with Gasteiger partial charge in [-0.3, -0.25) is 0 Å². The van der Waals surface area contributed by atoms with E-state index < -0.39 is 17.8 Å². The number of aromatic nitrogens is 2. The predicted octanol–water partition coefficient (Wildman–Crippen LogP) is 7.40. The third-order valence-electron chi connectivity index (χ3n) is 5.23. The quantitative estimate of drug-likeness (QED) is 0.324. The second kappa shape index (κ2) is 12.6. The van der Waals surface area contributed by atoms with E-state index in [9.17, 15) is 13.2 Å². The summed E-state index contributed by atoms with van der Waals surface area (Å²) in [6.07, 6.45) is 12.7. The van der Waals surface area contributed by atoms with Crippen LogP contribution in [0.3, 0.4) is 0 Å². The van der Waals surface area contributed by atoms with E-state index in [1.54, 1.807) is 31.5 Å². The van der Waals surface area contributed by atoms with Crippen molar-refractivity contribution in [1.82, 2.24) is 9.97 Å². The molecule has 160 valence electrons. The van der Waals surface area contributed by atoms with Gasteiger partial charge in [0.1, 0.15) is 0 Å². The van der Waals surface area contributed by atoms with Gasteiger partial charge in [0.15, 0.2) is 17.5 Å². The number of rotatable bonds is 13. The number of hydrogen-bond acceptors (Lipinski definition) is 2. The van der Waals surface area contributed by atoms with Gasteiger partial charge in [0.05, 0.1) is 11.7 Å². The van der Waals surface area contributed by atoms with Gasteiger partial charge in [0, 0.05) is 12.4 Å². The zero-order chi connectivity index (χ0) is 21.1. The van der Waals surface area contributed by atoms with Gasteiger partial charge >= 0.3 is 0 Å². The van der Waals surface area contributed by atoms with Crippen LogP contribution in [0.4, 0.5) is 13.2 Å². The lowest BCUT2D eigenvalue weighted by Gasteiger charge is -2.09. The lowest BCUT2D eigenvalue weighted by molar-refractivity contribution is 0.331. The van der Waals surface area contributed by atoms with E-state index >= 15 is 0 Å². The molecule has 1 aromatic heterocycles. The summed E-state index contributed by atoms with van der Waals surface area (Å²) in [6.45, 7) is 3.73. The summed E-state index contributed by atoms with van der Waals surface area (Å²) in [5, 5.41) is 0. The number of nitrogens with zero attached hydrogens (tertiary/aromatic N) is 2. The van der Waals surface area contributed by atoms with Crippen LogP contribution in [-0.2, 0) is 12.8 Å². The highest BCUT2D eigenvalue weighted by molar-refractivity contribution is 5.56. The van der Waals surface area contributed by atoms with Crippen molar-refractivity contribution in [2.75, 3.05) is 0 Å². The van der Waals surface area contributed by atoms with Crippen molar-refractivity contribution in [2.45, 2.75) is 90.6 Å². The second-order valence-corrected chi connectivity index (χ2v) is 7.86. The summed E-state index contributed by atoms with van der Waals surface area (Å²) in [6, 6.07) is 3.22. The minimum Gasteiger partial charge on any atom is -0.248 e. The van der Waals surface area contributed by atoms with Crippen molar-refractivity contribution >= 4 is 0 Å². The molecule has 2 nitrogen and oxygen atoms in total. The van der Waals surface area contributed by atoms with E-state index in [0.29, 0.717) is 18.4 Å². The fourth-order valence-electron chi connectivity index (χ4n) is 3.43. The Labute approximate surface area is 173 Å². The topological polar surface area (TPSA) is 25.8 Å². The molecule has 0 spiro atoms. The summed E-state index contributed by atoms with van der Waals surface area (Å²) in [5.74, 6) is -1.48. The molecule has 1 atom stereocenters. The summed E-state index contributed by atoms with van der Waals surface area (Å²) in [5.41, 5.74) is 1.42. The van der Waals surface area contributed by atoms with Gasteiger partial charge in [0.2, 0.25) is 0 Å². The highest BCUT2D eigenvalue weighted by Gasteiger charge is 2.16. The molecule has 5 heteroatoms. The molecule has 0 aliphatic rings. The van der Waals surface area contributed by atoms with Crippen LogP contribution in [0.5, 0.6) is 0 Å². The smallest absolute Gasteiger partial charge is 0.170 e. The Balaban J connectivity index is 1.92. The normalized spacial score (nSPS) is 12.3. The van der Waals surface area contributed by atoms with Crippen LogP contribution in [0.25, 0.3) is 11.4 Å². The van der Waals surface area contributed by atoms with Crippen molar-refractivity contribution < 1.29 is 13.2 Å². The third kappa shape index (κ3) is 7.79. The molecule has 0 N–H and O–H groups in total. The van der Waals surface area contributed by atoms with Crippen molar-refractivity contribution in [1.29, 1.82) is 0 Å². The van der Waals surface area contributed by atoms with Gasteiger partial charge < -0.3 is 0 Å². The maximum absolute atomic E-state index is 14.6. The Kier molecular flexibility index (Phi) is 10.2. The Morgan fingerprint density at radius 1 is 0.828 bits per heavy atom. The molecule has 2 aromatic rings. The first kappa shape index (κ1) is 23.4. The highest BCUT2D eigenvalue weighted by Crippen LogP contribution is 2.25. The molecular weight excluding hydrogens is 373 g/mol. The van der Waals surface area contributed by atoms with Crippen molar-refractivity contribution in [3.05, 3.63) is 47.3 Å². The van der Waals surface area contributed by atoms with Crippen LogP contribution in [0.15, 0.2) is 24.5 Å². The van der Waals surface area contributed by atoms with E-state index in [2.05, 4.69) is 16.9 Å². The first-order chi connectivity index (χ1) is 14.0. The molecule has 1 aromatic carbocycles. The van der Waals surface area contributed by atoms with Crippen LogP contribution in [0, 0.1) is 11.6 Å². The lowest BCUT2D eigenvalue weighted by atomic mass is 10.0. The number of alkyl halides is 1. The lowest BCUT2D eigenvalue weighted by Crippen LogP contribution is -2.01. The van der Waals surface area contributed by atoms with E-state index in [4.69, 9.17) is 0 Å². The standard InChI is InChI=1S/C24H33F3N2/c1-3-4-5-6-7-8-13-20-14-15-21(23(27)22(20)26)24-28-16-19(17-29-24)12-10-9-11-18(2)25/h14-18H,3-13H2,1-2H3. The van der Waals surface area contributed by atoms with Crippen LogP contribution >= 0.6 is 0 Å². The molecule has 0 saturated heterocycles. The minimum absolute atomic E-state index is 0.0898. The number of hydrogen-bond donors (Lipinski definition) is 0. The molecule has 0 amide bonds. The first-order valence-electron chi connectivity index (χ1n) is 10.9. The van der Waals surface area contributed by atoms with Gasteiger partial charge in [0.25, 0.3) is 0 Å². The summed E-state index contributed by atoms with van der Waals surface area (Å²) in [4.78, 5) is 8.41. The summed E-state index contributed by atoms with van der Waals surface area (Å²) in [7, 11) is 0. The summed E-state index contributed by atoms with van der Waals surface area (Å²) >= 11 is 0. The monoisotopic (exact) mass is 406 g/mol. The van der Waals surface area contributed by atoms with Crippen molar-refractivity contribution in [3.8, 4) is 11.4 Å². The van der Waals surface area contributed by atoms with Gasteiger partial charge in [-0.2, -0.15) is 0 Å². The van der Waals surface area contributed by atoms with E-state index in [1.807, 2.05) is 0 Å². The molecule has 0 bridgehead atoms. The Morgan fingerprint density at radius 2 is 1.48 bits per heavy atom. The molecule has 1 unspecified atom stereocenters. The minimum atomic E-state index is -0.877. The van der Waals surface area contributed by atoms with Crippen molar-refractivity contribution in [3.63, 3.8) is 0 Å². The fourth-order valence-corrected chi connectivity index (χ4v) is 3.43. The van der Waals surface area contributed by atoms with Crippen LogP contribution < -0.4 is 0 Å². The van der Waals surface area contributed by atoms with Gasteiger partial charge in [-0.25, -0.2) is 23.1 Å². The number of halogens is 3. The molecule has 1 heterocycles. The average molecular weight is 407 g/mol. The molecule has 2 rings (SSSR count). The zero-order valence-electron chi connectivity index (χ0n) is 17.7. The Hall–Kier alpha value is -1.91. The molecule has 0 aliphatic carbocycles. The summed E-state index contributed by atoms with van der Waals surface area (Å²) < 4.78 is 41.8. The van der Waals surface area contributed by atoms with Crippen molar-refractivity contribution in [2.24, 2.45) is 0 Å². The SMILES string of the molecule is CCCCCCCCc1ccc(-c2ncc(CCCCC(C)F)cn2)c(F)c1F. The van der Waals surface area contributed by atoms with Gasteiger partial charge in [-0.05, 0) is 56.2 Å². The van der Waals surface area contributed by atoms with E-state index in [-0.39, 0.29) is 11.4 Å². The predicted molar refractivity (Wildman–Crippen MR) is 113 cm³/mol. The van der Waals surface area contributed by atoms with E-state index in [1.165, 1.54) is 19.3 Å². The number of aryl methyl sites for hydroxylation is 2. The number of benzene rings is 1. The van der Waals surface area contributed by atoms with Gasteiger partial charge in [-0.15, -0.1) is 0 Å². The fraction of sp³-hybridized carbons (Fsp3) is 0.583. The third-order valence-corrected chi connectivity index (χ3v) is 5.23. The van der Waals surface area contributed by atoms with Gasteiger partial charge in [-0.1, -0.05) is 51.5 Å². The highest BCUT2D eigenvalue weighted by atomic mass is 19.2. The average Bonchev–Trinajstić information content (AvgIpc) is 2.71. The van der Waals surface area contributed by atoms with Crippen LogP contribution in [0.1, 0.15) is 82.8 Å². The zero-order valence-corrected chi connectivity index (χ0v) is 17.7. The largest absolute Gasteiger partial charge is 0.248 e. The molecule has 29 heavy (non-hydrogen) atoms. The molecular formula is C24H33F3N2. The number of unbranched alkanes of at least 4 members (excludes halogenated alkanes) is 6. The molecule has 0 radical (unpaired) electrons. The molecule has 0 saturated carbocycles. The molecule has 0 fully saturated rings. The Morgan fingerprint density at radius 3 is 2.17 bits per heavy atom. The molecule has 0 aliphatic heterocycles. The maximum atomic E-state index is 14.6. The van der Waals surface area contributed by atoms with Crippen LogP contribution in [0.2, 0.25) is 0 Å². The van der Waals surface area contributed by atoms with E-state index in [0.717, 1.165) is 44.1 Å². The van der Waals surface area contributed by atoms with Crippen LogP contribution in [-0.4, -0.2) is 16.1 Å². The first-order valence-corrected chi connectivity index (χ1v) is 10.9. The Bertz CT molecular complexity index is 730. The maximum Gasteiger partial charge on any atom is 0.170 e. The second-order valence-electron chi connectivity index (χ2n) is 7.86.